The third-order valence-electron chi connectivity index (χ3n) is 4.39. The van der Waals surface area contributed by atoms with Gasteiger partial charge in [-0.15, -0.1) is 0 Å². The van der Waals surface area contributed by atoms with Gasteiger partial charge in [-0.1, -0.05) is 5.16 Å². The average molecular weight is 222 g/mol. The molecule has 2 saturated carbocycles. The van der Waals surface area contributed by atoms with Gasteiger partial charge in [-0.25, -0.2) is 0 Å². The first-order valence-electron chi connectivity index (χ1n) is 6.26. The molecule has 2 unspecified atom stereocenters. The molecule has 1 saturated heterocycles. The summed E-state index contributed by atoms with van der Waals surface area (Å²) < 4.78 is 0. The second-order valence-electron chi connectivity index (χ2n) is 5.42. The Kier molecular flexibility index (Phi) is 2.37. The Hall–Kier alpha value is -1.06. The highest BCUT2D eigenvalue weighted by atomic mass is 16.4. The molecule has 0 aromatic carbocycles. The molecule has 16 heavy (non-hydrogen) atoms. The third kappa shape index (κ3) is 1.70. The standard InChI is InChI=1S/C12H18N2O2/c15-12(10-6-8-5-9(8)7-10)14-3-1-11(13-16)2-4-14/h8-10,16H,1-7H2. The minimum Gasteiger partial charge on any atom is -0.411 e. The molecule has 3 rings (SSSR count). The van der Waals surface area contributed by atoms with Crippen LogP contribution < -0.4 is 0 Å². The van der Waals surface area contributed by atoms with Gasteiger partial charge in [-0.05, 0) is 31.1 Å². The molecular formula is C12H18N2O2. The summed E-state index contributed by atoms with van der Waals surface area (Å²) in [5.74, 6) is 2.39. The number of carbonyl (C=O) groups is 1. The van der Waals surface area contributed by atoms with Crippen LogP contribution in [0.4, 0.5) is 0 Å². The van der Waals surface area contributed by atoms with Gasteiger partial charge in [0.15, 0.2) is 0 Å². The number of likely N-dealkylation sites (tertiary alicyclic amines) is 1. The maximum Gasteiger partial charge on any atom is 0.225 e. The van der Waals surface area contributed by atoms with Crippen molar-refractivity contribution in [3.05, 3.63) is 0 Å². The van der Waals surface area contributed by atoms with Crippen molar-refractivity contribution in [1.29, 1.82) is 0 Å². The Morgan fingerprint density at radius 2 is 1.81 bits per heavy atom. The van der Waals surface area contributed by atoms with Crippen molar-refractivity contribution in [3.63, 3.8) is 0 Å². The lowest BCUT2D eigenvalue weighted by Crippen LogP contribution is -2.41. The molecule has 0 bridgehead atoms. The Balaban J connectivity index is 1.55. The molecule has 2 atom stereocenters. The van der Waals surface area contributed by atoms with Gasteiger partial charge in [-0.2, -0.15) is 0 Å². The van der Waals surface area contributed by atoms with E-state index in [9.17, 15) is 4.79 Å². The van der Waals surface area contributed by atoms with E-state index in [1.807, 2.05) is 4.90 Å². The second-order valence-corrected chi connectivity index (χ2v) is 5.42. The zero-order valence-corrected chi connectivity index (χ0v) is 9.43. The van der Waals surface area contributed by atoms with Gasteiger partial charge in [0.05, 0.1) is 5.71 Å². The van der Waals surface area contributed by atoms with Crippen LogP contribution in [0, 0.1) is 17.8 Å². The Morgan fingerprint density at radius 1 is 1.19 bits per heavy atom. The Morgan fingerprint density at radius 3 is 2.38 bits per heavy atom. The summed E-state index contributed by atoms with van der Waals surface area (Å²) in [5.41, 5.74) is 0.832. The molecule has 0 spiro atoms. The molecular weight excluding hydrogens is 204 g/mol. The van der Waals surface area contributed by atoms with Gasteiger partial charge in [0.2, 0.25) is 5.91 Å². The van der Waals surface area contributed by atoms with Crippen molar-refractivity contribution in [1.82, 2.24) is 4.90 Å². The fourth-order valence-electron chi connectivity index (χ4n) is 3.26. The first kappa shape index (κ1) is 10.1. The highest BCUT2D eigenvalue weighted by molar-refractivity contribution is 5.87. The molecule has 4 heteroatoms. The van der Waals surface area contributed by atoms with E-state index < -0.39 is 0 Å². The predicted molar refractivity (Wildman–Crippen MR) is 59.4 cm³/mol. The fourth-order valence-corrected chi connectivity index (χ4v) is 3.26. The molecule has 1 N–H and O–H groups in total. The van der Waals surface area contributed by atoms with Crippen LogP contribution >= 0.6 is 0 Å². The van der Waals surface area contributed by atoms with Gasteiger partial charge in [-0.3, -0.25) is 4.79 Å². The molecule has 3 fully saturated rings. The summed E-state index contributed by atoms with van der Waals surface area (Å²) in [4.78, 5) is 14.1. The number of fused-ring (bicyclic) bond motifs is 1. The smallest absolute Gasteiger partial charge is 0.225 e. The van der Waals surface area contributed by atoms with Crippen molar-refractivity contribution >= 4 is 11.6 Å². The zero-order chi connectivity index (χ0) is 11.1. The van der Waals surface area contributed by atoms with Gasteiger partial charge < -0.3 is 10.1 Å². The van der Waals surface area contributed by atoms with E-state index in [-0.39, 0.29) is 0 Å². The fraction of sp³-hybridized carbons (Fsp3) is 0.833. The minimum absolute atomic E-state index is 0.302. The lowest BCUT2D eigenvalue weighted by molar-refractivity contribution is -0.135. The Bertz CT molecular complexity index is 320. The van der Waals surface area contributed by atoms with Crippen LogP contribution in [0.5, 0.6) is 0 Å². The number of hydrogen-bond donors (Lipinski definition) is 1. The van der Waals surface area contributed by atoms with Crippen molar-refractivity contribution < 1.29 is 10.0 Å². The SMILES string of the molecule is O=C(C1CC2CC2C1)N1CCC(=NO)CC1. The van der Waals surface area contributed by atoms with Crippen molar-refractivity contribution in [2.45, 2.75) is 32.1 Å². The number of rotatable bonds is 1. The third-order valence-corrected chi connectivity index (χ3v) is 4.39. The highest BCUT2D eigenvalue weighted by Gasteiger charge is 2.48. The lowest BCUT2D eigenvalue weighted by atomic mass is 10.00. The second kappa shape index (κ2) is 3.75. The number of amides is 1. The molecule has 0 aromatic rings. The molecule has 0 radical (unpaired) electrons. The van der Waals surface area contributed by atoms with Crippen LogP contribution in [0.25, 0.3) is 0 Å². The topological polar surface area (TPSA) is 52.9 Å². The van der Waals surface area contributed by atoms with Crippen LogP contribution in [0.2, 0.25) is 0 Å². The van der Waals surface area contributed by atoms with E-state index in [0.717, 1.165) is 56.3 Å². The molecule has 0 aromatic heterocycles. The van der Waals surface area contributed by atoms with Crippen LogP contribution in [0.1, 0.15) is 32.1 Å². The first-order chi connectivity index (χ1) is 7.78. The van der Waals surface area contributed by atoms with E-state index >= 15 is 0 Å². The first-order valence-corrected chi connectivity index (χ1v) is 6.26. The number of carbonyl (C=O) groups excluding carboxylic acids is 1. The summed E-state index contributed by atoms with van der Waals surface area (Å²) in [7, 11) is 0. The normalized spacial score (nSPS) is 37.1. The summed E-state index contributed by atoms with van der Waals surface area (Å²) in [6.45, 7) is 1.48. The molecule has 3 aliphatic rings. The van der Waals surface area contributed by atoms with Crippen LogP contribution in [0.15, 0.2) is 5.16 Å². The number of oxime groups is 1. The van der Waals surface area contributed by atoms with Gasteiger partial charge in [0, 0.05) is 31.8 Å². The van der Waals surface area contributed by atoms with E-state index in [0.29, 0.717) is 11.8 Å². The molecule has 2 aliphatic carbocycles. The van der Waals surface area contributed by atoms with E-state index in [2.05, 4.69) is 5.16 Å². The molecule has 1 aliphatic heterocycles. The van der Waals surface area contributed by atoms with Crippen molar-refractivity contribution in [2.24, 2.45) is 22.9 Å². The summed E-state index contributed by atoms with van der Waals surface area (Å²) >= 11 is 0. The summed E-state index contributed by atoms with van der Waals surface area (Å²) in [5, 5.41) is 11.9. The van der Waals surface area contributed by atoms with Crippen molar-refractivity contribution in [3.8, 4) is 0 Å². The minimum atomic E-state index is 0.302. The largest absolute Gasteiger partial charge is 0.411 e. The lowest BCUT2D eigenvalue weighted by Gasteiger charge is -2.29. The van der Waals surface area contributed by atoms with Crippen LogP contribution in [-0.4, -0.2) is 34.8 Å². The highest BCUT2D eigenvalue weighted by Crippen LogP contribution is 2.54. The quantitative estimate of drug-likeness (QED) is 0.539. The van der Waals surface area contributed by atoms with E-state index in [4.69, 9.17) is 5.21 Å². The number of nitrogens with zero attached hydrogens (tertiary/aromatic N) is 2. The molecule has 1 amide bonds. The summed E-state index contributed by atoms with van der Waals surface area (Å²) in [6, 6.07) is 0. The van der Waals surface area contributed by atoms with E-state index in [1.165, 1.54) is 6.42 Å². The van der Waals surface area contributed by atoms with Crippen molar-refractivity contribution in [2.75, 3.05) is 13.1 Å². The zero-order valence-electron chi connectivity index (χ0n) is 9.43. The Labute approximate surface area is 95.3 Å². The molecule has 88 valence electrons. The van der Waals surface area contributed by atoms with Gasteiger partial charge in [0.1, 0.15) is 0 Å². The average Bonchev–Trinajstić information content (AvgIpc) is 2.95. The maximum atomic E-state index is 12.2. The molecule has 4 nitrogen and oxygen atoms in total. The molecule has 1 heterocycles. The van der Waals surface area contributed by atoms with Gasteiger partial charge in [0.25, 0.3) is 0 Å². The maximum absolute atomic E-state index is 12.2. The van der Waals surface area contributed by atoms with E-state index in [1.54, 1.807) is 0 Å². The summed E-state index contributed by atoms with van der Waals surface area (Å²) in [6.07, 6.45) is 5.09. The number of hydrogen-bond acceptors (Lipinski definition) is 3. The monoisotopic (exact) mass is 222 g/mol. The number of piperidine rings is 1. The van der Waals surface area contributed by atoms with Crippen LogP contribution in [-0.2, 0) is 4.79 Å². The predicted octanol–water partition coefficient (Wildman–Crippen LogP) is 1.49. The van der Waals surface area contributed by atoms with Gasteiger partial charge >= 0.3 is 0 Å². The van der Waals surface area contributed by atoms with Crippen LogP contribution in [0.3, 0.4) is 0 Å².